The van der Waals surface area contributed by atoms with Gasteiger partial charge in [0.15, 0.2) is 15.5 Å². The van der Waals surface area contributed by atoms with Crippen molar-refractivity contribution < 1.29 is 61.5 Å². The average Bonchev–Trinajstić information content (AvgIpc) is 3.84. The minimum Gasteiger partial charge on any atom is -0.346 e. The largest absolute Gasteiger partial charge is 0.435 e. The normalized spacial score (nSPS) is 19.6. The van der Waals surface area contributed by atoms with Gasteiger partial charge in [-0.05, 0) is 86.8 Å². The van der Waals surface area contributed by atoms with Gasteiger partial charge in [-0.1, -0.05) is 23.6 Å². The Hall–Kier alpha value is -5.23. The van der Waals surface area contributed by atoms with Crippen LogP contribution in [0.4, 0.5) is 48.3 Å². The van der Waals surface area contributed by atoms with Crippen LogP contribution in [-0.4, -0.2) is 62.2 Å². The van der Waals surface area contributed by atoms with Crippen molar-refractivity contribution in [3.63, 3.8) is 0 Å². The number of pyridine rings is 1. The maximum Gasteiger partial charge on any atom is 0.435 e. The first-order valence-corrected chi connectivity index (χ1v) is 22.3. The number of aryl methyl sites for hydroxylation is 1. The van der Waals surface area contributed by atoms with Crippen molar-refractivity contribution in [3.05, 3.63) is 97.7 Å². The highest BCUT2D eigenvalue weighted by Crippen LogP contribution is 2.64. The predicted octanol–water partition coefficient (Wildman–Crippen LogP) is 9.43. The molecular formula is C43H36ClF11N6O3S. The second-order valence-electron chi connectivity index (χ2n) is 17.2. The number of carbonyl (C=O) groups is 1. The summed E-state index contributed by atoms with van der Waals surface area (Å²) in [5.41, 5.74) is -4.30. The number of nitrogens with one attached hydrogen (secondary N) is 1. The van der Waals surface area contributed by atoms with E-state index in [0.29, 0.717) is 10.7 Å². The summed E-state index contributed by atoms with van der Waals surface area (Å²) in [6.45, 7) is 1.07. The summed E-state index contributed by atoms with van der Waals surface area (Å²) in [4.78, 5) is 19.0. The zero-order valence-electron chi connectivity index (χ0n) is 34.6. The number of nitrogens with zero attached hydrogens (tertiary/aromatic N) is 5. The summed E-state index contributed by atoms with van der Waals surface area (Å²) in [6, 6.07) is 3.21. The van der Waals surface area contributed by atoms with Gasteiger partial charge in [-0.15, -0.1) is 0 Å². The molecule has 65 heavy (non-hydrogen) atoms. The highest BCUT2D eigenvalue weighted by Gasteiger charge is 2.63. The minimum atomic E-state index is -5.18. The number of rotatable bonds is 9. The Kier molecular flexibility index (Phi) is 11.2. The highest BCUT2D eigenvalue weighted by molar-refractivity contribution is 7.92. The number of amides is 1. The van der Waals surface area contributed by atoms with E-state index in [2.05, 4.69) is 27.4 Å². The smallest absolute Gasteiger partial charge is 0.346 e. The third kappa shape index (κ3) is 8.33. The van der Waals surface area contributed by atoms with E-state index in [1.165, 1.54) is 32.9 Å². The first-order chi connectivity index (χ1) is 30.1. The molecule has 2 aromatic carbocycles. The fraction of sp³-hybridized carbons (Fsp3) is 0.442. The Morgan fingerprint density at radius 2 is 1.66 bits per heavy atom. The van der Waals surface area contributed by atoms with Crippen LogP contribution in [0, 0.1) is 36.3 Å². The van der Waals surface area contributed by atoms with Crippen LogP contribution < -0.4 is 5.32 Å². The van der Waals surface area contributed by atoms with Gasteiger partial charge < -0.3 is 5.32 Å². The lowest BCUT2D eigenvalue weighted by molar-refractivity contribution is -0.144. The Labute approximate surface area is 368 Å². The molecule has 1 amide bonds. The van der Waals surface area contributed by atoms with Gasteiger partial charge in [0.1, 0.15) is 47.0 Å². The SMILES string of the molecule is Cc1nn(CC(F)(F)F)c2c(-c3c([C@H](Cc4cc(F)cc(F)c4)NC(=O)Cn4nc(C(F)(F)F)c5c4C(F)(F)[C@@H]4CC[C@H]54)nc(C#CC(C)(C)S(C)(=O)=O)c4c3C[C@@H](F)C4)ccc(Cl)c12. The average molecular weight is 961 g/mol. The van der Waals surface area contributed by atoms with Gasteiger partial charge >= 0.3 is 12.4 Å². The van der Waals surface area contributed by atoms with E-state index in [1.807, 2.05) is 0 Å². The third-order valence-electron chi connectivity index (χ3n) is 12.3. The van der Waals surface area contributed by atoms with Gasteiger partial charge in [0.2, 0.25) is 5.91 Å². The van der Waals surface area contributed by atoms with E-state index >= 15 is 13.2 Å². The van der Waals surface area contributed by atoms with E-state index in [4.69, 9.17) is 16.6 Å². The molecule has 0 radical (unpaired) electrons. The molecular weight excluding hydrogens is 925 g/mol. The van der Waals surface area contributed by atoms with Crippen LogP contribution in [0.1, 0.15) is 89.4 Å². The molecule has 3 aliphatic carbocycles. The number of hydrogen-bond donors (Lipinski definition) is 1. The maximum absolute atomic E-state index is 15.8. The lowest BCUT2D eigenvalue weighted by Gasteiger charge is -2.34. The van der Waals surface area contributed by atoms with Crippen molar-refractivity contribution in [1.29, 1.82) is 0 Å². The number of carbonyl (C=O) groups excluding carboxylic acids is 1. The Balaban J connectivity index is 1.38. The fourth-order valence-corrected chi connectivity index (χ4v) is 9.60. The van der Waals surface area contributed by atoms with E-state index < -0.39 is 117 Å². The molecule has 1 fully saturated rings. The minimum absolute atomic E-state index is 0.0268. The zero-order chi connectivity index (χ0) is 47.5. The number of fused-ring (bicyclic) bond motifs is 5. The third-order valence-corrected chi connectivity index (χ3v) is 14.6. The Bertz CT molecular complexity index is 2970. The predicted molar refractivity (Wildman–Crippen MR) is 214 cm³/mol. The fourth-order valence-electron chi connectivity index (χ4n) is 9.07. The van der Waals surface area contributed by atoms with Gasteiger partial charge in [0.25, 0.3) is 5.92 Å². The van der Waals surface area contributed by atoms with Gasteiger partial charge in [0, 0.05) is 53.2 Å². The number of hydrogen-bond acceptors (Lipinski definition) is 6. The van der Waals surface area contributed by atoms with Gasteiger partial charge in [0.05, 0.1) is 28.0 Å². The molecule has 3 aromatic heterocycles. The van der Waals surface area contributed by atoms with Crippen molar-refractivity contribution in [2.75, 3.05) is 6.26 Å². The van der Waals surface area contributed by atoms with Gasteiger partial charge in [-0.3, -0.25) is 14.2 Å². The molecule has 4 atom stereocenters. The monoisotopic (exact) mass is 960 g/mol. The summed E-state index contributed by atoms with van der Waals surface area (Å²) in [5.74, 6) is -4.56. The number of benzene rings is 2. The molecule has 8 rings (SSSR count). The molecule has 5 aromatic rings. The highest BCUT2D eigenvalue weighted by atomic mass is 35.5. The van der Waals surface area contributed by atoms with E-state index in [1.54, 1.807) is 0 Å². The molecule has 0 unspecified atom stereocenters. The quantitative estimate of drug-likeness (QED) is 0.117. The molecule has 1 saturated carbocycles. The molecule has 9 nitrogen and oxygen atoms in total. The van der Waals surface area contributed by atoms with Gasteiger partial charge in [-0.25, -0.2) is 26.6 Å². The van der Waals surface area contributed by atoms with Crippen molar-refractivity contribution in [2.45, 2.75) is 107 Å². The molecule has 1 N–H and O–H groups in total. The Morgan fingerprint density at radius 1 is 1.00 bits per heavy atom. The Morgan fingerprint density at radius 3 is 2.26 bits per heavy atom. The molecule has 0 bridgehead atoms. The number of aromatic nitrogens is 5. The lowest BCUT2D eigenvalue weighted by atomic mass is 9.73. The first-order valence-electron chi connectivity index (χ1n) is 20.0. The topological polar surface area (TPSA) is 112 Å². The van der Waals surface area contributed by atoms with Crippen LogP contribution in [-0.2, 0) is 59.1 Å². The molecule has 0 spiro atoms. The summed E-state index contributed by atoms with van der Waals surface area (Å²) >= 11 is 6.55. The van der Waals surface area contributed by atoms with Crippen LogP contribution in [0.25, 0.3) is 22.0 Å². The summed E-state index contributed by atoms with van der Waals surface area (Å²) in [5, 5.41) is 10.1. The van der Waals surface area contributed by atoms with Crippen molar-refractivity contribution in [3.8, 4) is 23.0 Å². The number of alkyl halides is 9. The van der Waals surface area contributed by atoms with E-state index in [9.17, 15) is 48.3 Å². The van der Waals surface area contributed by atoms with Crippen LogP contribution in [0.2, 0.25) is 5.02 Å². The van der Waals surface area contributed by atoms with Crippen molar-refractivity contribution >= 4 is 38.2 Å². The summed E-state index contributed by atoms with van der Waals surface area (Å²) < 4.78 is 187. The molecule has 3 heterocycles. The van der Waals surface area contributed by atoms with E-state index in [0.717, 1.165) is 18.4 Å². The van der Waals surface area contributed by atoms with E-state index in [-0.39, 0.29) is 84.8 Å². The van der Waals surface area contributed by atoms with Crippen LogP contribution in [0.15, 0.2) is 30.3 Å². The van der Waals surface area contributed by atoms with Crippen molar-refractivity contribution in [2.24, 2.45) is 5.92 Å². The second-order valence-corrected chi connectivity index (χ2v) is 20.1. The molecule has 3 aliphatic rings. The maximum atomic E-state index is 15.8. The van der Waals surface area contributed by atoms with Crippen LogP contribution >= 0.6 is 11.6 Å². The summed E-state index contributed by atoms with van der Waals surface area (Å²) in [6.07, 6.45) is -12.3. The standard InChI is InChI=1S/C43H36ClF11N6O3S/c1-19-33-29(44)8-6-25(37(33)61(58-19)18-41(48,49)50)34-27-16-23(47)15-26(27)30(9-10-40(2,3)65(4,63)64)57-36(34)31(13-20-11-21(45)14-22(46)12-20)56-32(62)17-60-39-35(38(59-60)43(53,54)55)24-5-7-28(24)42(39,51)52/h6,8,11-12,14,23-24,28,31H,5,7,13,15-18H2,1-4H3,(H,56,62)/t23-,24-,28+,31-/m0/s1. The number of halogens is 12. The van der Waals surface area contributed by atoms with Crippen LogP contribution in [0.3, 0.4) is 0 Å². The molecule has 346 valence electrons. The zero-order valence-corrected chi connectivity index (χ0v) is 36.1. The lowest BCUT2D eigenvalue weighted by Crippen LogP contribution is -2.36. The second kappa shape index (κ2) is 15.7. The molecule has 0 saturated heterocycles. The van der Waals surface area contributed by atoms with Gasteiger partial charge in [-0.2, -0.15) is 45.3 Å². The molecule has 22 heteroatoms. The summed E-state index contributed by atoms with van der Waals surface area (Å²) in [7, 11) is -3.89. The van der Waals surface area contributed by atoms with Crippen molar-refractivity contribution in [1.82, 2.24) is 29.9 Å². The first kappa shape index (κ1) is 46.3. The molecule has 0 aliphatic heterocycles. The number of sulfone groups is 1. The van der Waals surface area contributed by atoms with Crippen LogP contribution in [0.5, 0.6) is 0 Å².